The van der Waals surface area contributed by atoms with Crippen molar-refractivity contribution in [3.63, 3.8) is 0 Å². The number of nitrogens with one attached hydrogen (secondary N) is 11. The van der Waals surface area contributed by atoms with E-state index in [2.05, 4.69) is 58.5 Å². The van der Waals surface area contributed by atoms with E-state index in [-0.39, 0.29) is 89.2 Å². The van der Waals surface area contributed by atoms with Crippen molar-refractivity contribution < 1.29 is 107 Å². The molecule has 6 rings (SSSR count). The monoisotopic (exact) mass is 1620 g/mol. The number of aliphatic hydroxyl groups excluding tert-OH is 3. The molecule has 1 aliphatic heterocycles. The van der Waals surface area contributed by atoms with Crippen LogP contribution in [0.3, 0.4) is 0 Å². The number of carbonyl (C=O) groups excluding carboxylic acids is 14. The minimum Gasteiger partial charge on any atom is -0.481 e. The van der Waals surface area contributed by atoms with Crippen molar-refractivity contribution in [2.24, 2.45) is 63.2 Å². The molecule has 38 nitrogen and oxygen atoms in total. The Bertz CT molecular complexity index is 3740. The number of carboxylic acids is 1. The van der Waals surface area contributed by atoms with Crippen molar-refractivity contribution in [3.8, 4) is 0 Å². The Morgan fingerprint density at radius 1 is 0.696 bits per heavy atom. The highest BCUT2D eigenvalue weighted by Gasteiger charge is 2.76. The lowest BCUT2D eigenvalue weighted by Gasteiger charge is -2.62. The smallest absolute Gasteiger partial charge is 0.410 e. The van der Waals surface area contributed by atoms with E-state index in [1.165, 1.54) is 18.2 Å². The second kappa shape index (κ2) is 42.4. The van der Waals surface area contributed by atoms with Crippen LogP contribution in [0, 0.1) is 34.5 Å². The van der Waals surface area contributed by atoms with Crippen molar-refractivity contribution in [3.05, 3.63) is 59.7 Å². The number of aliphatic carboxylic acids is 1. The summed E-state index contributed by atoms with van der Waals surface area (Å²) in [5, 5.41) is 83.2. The second-order valence-corrected chi connectivity index (χ2v) is 31.4. The molecule has 3 saturated carbocycles. The van der Waals surface area contributed by atoms with Crippen LogP contribution in [0.25, 0.3) is 0 Å². The molecule has 4 aliphatic carbocycles. The highest BCUT2D eigenvalue weighted by molar-refractivity contribution is 6.02. The van der Waals surface area contributed by atoms with Gasteiger partial charge in [0, 0.05) is 62.2 Å². The van der Waals surface area contributed by atoms with Crippen LogP contribution in [0.2, 0.25) is 0 Å². The Labute approximate surface area is 666 Å². The maximum Gasteiger partial charge on any atom is 0.410 e. The molecule has 5 aliphatic rings. The number of hydrogen-bond donors (Lipinski definition) is 21. The van der Waals surface area contributed by atoms with E-state index in [0.29, 0.717) is 17.6 Å². The average Bonchev–Trinajstić information content (AvgIpc) is 1.59. The Morgan fingerprint density at radius 2 is 1.27 bits per heavy atom. The fourth-order valence-electron chi connectivity index (χ4n) is 16.3. The third kappa shape index (κ3) is 23.7. The van der Waals surface area contributed by atoms with Gasteiger partial charge in [0.2, 0.25) is 70.8 Å². The Morgan fingerprint density at radius 3 is 1.84 bits per heavy atom. The highest BCUT2D eigenvalue weighted by atomic mass is 19.1. The number of fused-ring (bicyclic) bond motifs is 5. The highest BCUT2D eigenvalue weighted by Crippen LogP contribution is 2.70. The number of carbonyl (C=O) groups is 15. The molecular formula is C76H118FN17O21. The summed E-state index contributed by atoms with van der Waals surface area (Å²) in [5.41, 5.74) is 23.2. The van der Waals surface area contributed by atoms with E-state index in [1.54, 1.807) is 65.0 Å². The molecule has 20 atom stereocenters. The number of ketones is 2. The number of ether oxygens (including phenoxy) is 1. The number of benzene rings is 1. The number of halogens is 1. The fourth-order valence-corrected chi connectivity index (χ4v) is 16.3. The molecule has 1 heterocycles. The number of Topliss-reactive ketones (excluding diaryl/α,β-unsaturated/α-hetero) is 1. The number of amides is 12. The molecule has 12 amide bonds. The topological polar surface area (TPSA) is 632 Å². The lowest BCUT2D eigenvalue weighted by atomic mass is 9.44. The minimum atomic E-state index is -2.31. The zero-order valence-electron chi connectivity index (χ0n) is 66.2. The number of rotatable bonds is 32. The van der Waals surface area contributed by atoms with Gasteiger partial charge in [-0.25, -0.2) is 9.18 Å². The van der Waals surface area contributed by atoms with Crippen molar-refractivity contribution in [2.45, 2.75) is 228 Å². The minimum absolute atomic E-state index is 0.00391. The Kier molecular flexibility index (Phi) is 34.8. The number of alkyl halides is 1. The summed E-state index contributed by atoms with van der Waals surface area (Å²) in [7, 11) is 0. The fraction of sp³-hybridized carbons (Fsp3) is 0.671. The standard InChI is InChI=1S/C76H118FN17O21/c1-39(2)33-54-68(109)87-49(18-25-78)63(104)86-52(21-28-81)67(108)93-60(41(4)95)70(111)83-29-22-53(66(107)85-50(19-26-79)65(106)91-55(69(110)90-54)35-43-11-9-8-10-12-43)88-64(105)51(20-27-80)89-71(112)61(42(5)96)92-58(100)23-31-94(32-30-84-62(103)48(82)15-16-59(101)102)72(113)115-38-57(99)76(114)40(3)34-47-46-14-13-44-36-45(97)17-24-73(44,6)75(46,77)56(98)37-74(47,76)7/h8-12,17,24,36,39-42,46-56,60-61,95-96,98,114H,13-16,18-23,25-35,37-38,78-82H2,1-7H3,(H,83,111)(H,84,103)(H,85,107)(H,86,104)(H,87,109)(H,88,105)(H,89,112)(H,90,110)(H,91,106)(H,92,100)(H,93,108)(H,101,102)/t40-,41-,42-,46+,47+,48+,49+,50+,51+,52+,53+,54+,55-,56+,60+,61+,73+,74+,75+,76+/m1/s1. The summed E-state index contributed by atoms with van der Waals surface area (Å²) in [6, 6.07) is -7.43. The predicted molar refractivity (Wildman–Crippen MR) is 411 cm³/mol. The molecule has 640 valence electrons. The molecule has 1 aromatic rings. The molecule has 0 bridgehead atoms. The normalized spacial score (nSPS) is 29.7. The average molecular weight is 1620 g/mol. The van der Waals surface area contributed by atoms with Gasteiger partial charge in [-0.2, -0.15) is 0 Å². The predicted octanol–water partition coefficient (Wildman–Crippen LogP) is -5.63. The molecule has 1 aromatic carbocycles. The summed E-state index contributed by atoms with van der Waals surface area (Å²) >= 11 is 0. The Balaban J connectivity index is 1.23. The number of nitrogens with two attached hydrogens (primary N) is 5. The van der Waals surface area contributed by atoms with E-state index >= 15 is 4.39 Å². The van der Waals surface area contributed by atoms with Gasteiger partial charge >= 0.3 is 12.1 Å². The van der Waals surface area contributed by atoms with Gasteiger partial charge in [-0.15, -0.1) is 0 Å². The molecule has 115 heavy (non-hydrogen) atoms. The first kappa shape index (κ1) is 94.4. The molecule has 39 heteroatoms. The first-order valence-corrected chi connectivity index (χ1v) is 39.1. The second-order valence-electron chi connectivity index (χ2n) is 31.4. The van der Waals surface area contributed by atoms with Crippen molar-refractivity contribution in [1.82, 2.24) is 63.4 Å². The molecule has 0 radical (unpaired) electrons. The summed E-state index contributed by atoms with van der Waals surface area (Å²) in [6.45, 7) is 6.44. The zero-order valence-corrected chi connectivity index (χ0v) is 66.2. The number of carboxylic acid groups (broad SMARTS) is 1. The van der Waals surface area contributed by atoms with E-state index in [4.69, 9.17) is 38.5 Å². The lowest BCUT2D eigenvalue weighted by molar-refractivity contribution is -0.219. The maximum absolute atomic E-state index is 18.0. The van der Waals surface area contributed by atoms with E-state index in [0.717, 1.165) is 18.7 Å². The van der Waals surface area contributed by atoms with Crippen LogP contribution in [0.4, 0.5) is 9.18 Å². The van der Waals surface area contributed by atoms with Gasteiger partial charge in [-0.1, -0.05) is 69.7 Å². The molecule has 0 unspecified atom stereocenters. The van der Waals surface area contributed by atoms with Crippen LogP contribution in [0.1, 0.15) is 138 Å². The van der Waals surface area contributed by atoms with Gasteiger partial charge in [-0.3, -0.25) is 67.1 Å². The van der Waals surface area contributed by atoms with Crippen molar-refractivity contribution in [2.75, 3.05) is 59.0 Å². The quantitative estimate of drug-likeness (QED) is 0.0320. The summed E-state index contributed by atoms with van der Waals surface area (Å²) in [4.78, 5) is 209. The van der Waals surface area contributed by atoms with E-state index in [9.17, 15) is 92.3 Å². The lowest BCUT2D eigenvalue weighted by Crippen LogP contribution is -2.69. The van der Waals surface area contributed by atoms with Crippen LogP contribution in [0.5, 0.6) is 0 Å². The van der Waals surface area contributed by atoms with Crippen molar-refractivity contribution >= 4 is 88.6 Å². The SMILES string of the molecule is CC(C)C[C@@H]1NC(=O)[C@@H](Cc2ccccc2)NC(=O)[C@H](CCN)NC(=O)[C@@H](NC(=O)[C@H](CCN)NC(=O)[C@@H](NC(=O)CCN(CCNC(=O)[C@@H](N)CCC(=O)O)C(=O)OCC(=O)[C@@]2(O)[C@H](C)C[C@H]3[C@@H]4CCC5=CC(=O)C=C[C@]5(C)[C@@]4(F)[C@@H](O)C[C@@]32C)[C@@H](C)O)CCNC(=O)[C@H]([C@@H](C)O)NC(=O)[C@H](CCN)NC(=O)[C@H](CCN)NC1=O. The molecular weight excluding hydrogens is 1510 g/mol. The van der Waals surface area contributed by atoms with Gasteiger partial charge in [-0.05, 0) is 153 Å². The molecule has 26 N–H and O–H groups in total. The summed E-state index contributed by atoms with van der Waals surface area (Å²) in [6.07, 6.45) is -5.41. The van der Waals surface area contributed by atoms with Crippen molar-refractivity contribution in [1.29, 1.82) is 0 Å². The molecule has 1 saturated heterocycles. The summed E-state index contributed by atoms with van der Waals surface area (Å²) in [5.74, 6) is -16.3. The van der Waals surface area contributed by atoms with Crippen LogP contribution in [-0.4, -0.2) is 268 Å². The van der Waals surface area contributed by atoms with Gasteiger partial charge in [0.05, 0.1) is 24.4 Å². The van der Waals surface area contributed by atoms with E-state index < -0.39 is 266 Å². The number of allylic oxidation sites excluding steroid dienone is 4. The summed E-state index contributed by atoms with van der Waals surface area (Å²) < 4.78 is 23.5. The molecule has 0 aromatic heterocycles. The van der Waals surface area contributed by atoms with Crippen LogP contribution in [0.15, 0.2) is 54.1 Å². The van der Waals surface area contributed by atoms with Gasteiger partial charge < -0.3 is 122 Å². The van der Waals surface area contributed by atoms with Gasteiger partial charge in [0.25, 0.3) is 0 Å². The van der Waals surface area contributed by atoms with Crippen LogP contribution >= 0.6 is 0 Å². The first-order valence-electron chi connectivity index (χ1n) is 39.1. The zero-order chi connectivity index (χ0) is 85.6. The molecule has 4 fully saturated rings. The number of hydrogen-bond acceptors (Lipinski definition) is 25. The maximum atomic E-state index is 18.0. The number of nitrogens with zero attached hydrogens (tertiary/aromatic N) is 1. The first-order chi connectivity index (χ1) is 54.1. The van der Waals surface area contributed by atoms with Gasteiger partial charge in [0.1, 0.15) is 60.0 Å². The Hall–Kier alpha value is -9.48. The molecule has 0 spiro atoms. The van der Waals surface area contributed by atoms with Gasteiger partial charge in [0.15, 0.2) is 18.1 Å². The third-order valence-electron chi connectivity index (χ3n) is 22.6. The largest absolute Gasteiger partial charge is 0.481 e. The van der Waals surface area contributed by atoms with Crippen LogP contribution < -0.4 is 87.2 Å². The third-order valence-corrected chi connectivity index (χ3v) is 22.6. The van der Waals surface area contributed by atoms with E-state index in [1.807, 2.05) is 0 Å². The van der Waals surface area contributed by atoms with Crippen LogP contribution in [-0.2, 0) is 78.3 Å². The number of aliphatic hydroxyl groups is 4.